The molecule has 1 rings (SSSR count). The summed E-state index contributed by atoms with van der Waals surface area (Å²) in [5.74, 6) is -1.06. The summed E-state index contributed by atoms with van der Waals surface area (Å²) in [5.41, 5.74) is 0.383. The number of aliphatic hydroxyl groups is 1. The van der Waals surface area contributed by atoms with Crippen LogP contribution in [0.15, 0.2) is 23.3 Å². The molecule has 130 valence electrons. The molecule has 0 spiro atoms. The van der Waals surface area contributed by atoms with Gasteiger partial charge in [-0.05, 0) is 51.5 Å². The summed E-state index contributed by atoms with van der Waals surface area (Å²) in [5, 5.41) is 22.0. The number of hydrogen-bond donors (Lipinski definition) is 3. The second-order valence-corrected chi connectivity index (χ2v) is 7.84. The predicted molar refractivity (Wildman–Crippen MR) is 89.9 cm³/mol. The highest BCUT2D eigenvalue weighted by molar-refractivity contribution is 5.95. The molecule has 0 aromatic heterocycles. The normalized spacial score (nSPS) is 19.0. The lowest BCUT2D eigenvalue weighted by Crippen LogP contribution is -2.38. The van der Waals surface area contributed by atoms with E-state index < -0.39 is 17.5 Å². The van der Waals surface area contributed by atoms with Crippen LogP contribution in [0.3, 0.4) is 0 Å². The Hall–Kier alpha value is -1.62. The number of carboxylic acids is 1. The Kier molecular flexibility index (Phi) is 6.17. The van der Waals surface area contributed by atoms with E-state index >= 15 is 0 Å². The minimum Gasteiger partial charge on any atom is -0.481 e. The largest absolute Gasteiger partial charge is 0.481 e. The number of carbonyl (C=O) groups is 2. The lowest BCUT2D eigenvalue weighted by molar-refractivity contribution is -0.147. The van der Waals surface area contributed by atoms with Gasteiger partial charge in [-0.25, -0.2) is 0 Å². The number of hydrogen-bond acceptors (Lipinski definition) is 3. The second-order valence-electron chi connectivity index (χ2n) is 7.84. The van der Waals surface area contributed by atoms with Crippen LogP contribution in [0.2, 0.25) is 0 Å². The molecule has 5 nitrogen and oxygen atoms in total. The van der Waals surface area contributed by atoms with Crippen LogP contribution in [-0.4, -0.2) is 34.7 Å². The number of aliphatic hydroxyl groups excluding tert-OH is 1. The quantitative estimate of drug-likeness (QED) is 0.672. The molecule has 0 saturated heterocycles. The molecule has 1 atom stereocenters. The van der Waals surface area contributed by atoms with E-state index in [2.05, 4.69) is 5.32 Å². The Labute approximate surface area is 138 Å². The lowest BCUT2D eigenvalue weighted by atomic mass is 9.79. The SMILES string of the molecule is CC1=CCC(O)C(C(=O)NCC(C)(C)CCC(C)(C)C(=O)O)=C1. The number of amides is 1. The first kappa shape index (κ1) is 19.4. The van der Waals surface area contributed by atoms with E-state index in [1.807, 2.05) is 26.8 Å². The summed E-state index contributed by atoms with van der Waals surface area (Å²) in [6.45, 7) is 9.76. The van der Waals surface area contributed by atoms with Crippen molar-refractivity contribution in [1.82, 2.24) is 5.32 Å². The van der Waals surface area contributed by atoms with Crippen molar-refractivity contribution >= 4 is 11.9 Å². The third-order valence-electron chi connectivity index (χ3n) is 4.40. The Balaban J connectivity index is 2.57. The zero-order valence-corrected chi connectivity index (χ0v) is 14.8. The lowest BCUT2D eigenvalue weighted by Gasteiger charge is -2.29. The van der Waals surface area contributed by atoms with E-state index in [0.29, 0.717) is 31.4 Å². The van der Waals surface area contributed by atoms with E-state index in [0.717, 1.165) is 5.57 Å². The van der Waals surface area contributed by atoms with Gasteiger partial charge in [0.15, 0.2) is 0 Å². The van der Waals surface area contributed by atoms with Crippen molar-refractivity contribution in [1.29, 1.82) is 0 Å². The van der Waals surface area contributed by atoms with E-state index in [4.69, 9.17) is 0 Å². The Morgan fingerprint density at radius 2 is 1.87 bits per heavy atom. The van der Waals surface area contributed by atoms with Crippen molar-refractivity contribution in [2.75, 3.05) is 6.54 Å². The van der Waals surface area contributed by atoms with E-state index in [1.165, 1.54) is 0 Å². The second kappa shape index (κ2) is 7.30. The van der Waals surface area contributed by atoms with Gasteiger partial charge in [-0.15, -0.1) is 0 Å². The van der Waals surface area contributed by atoms with Gasteiger partial charge in [0.25, 0.3) is 0 Å². The molecule has 0 aromatic rings. The maximum Gasteiger partial charge on any atom is 0.309 e. The minimum absolute atomic E-state index is 0.215. The number of allylic oxidation sites excluding steroid dienone is 2. The summed E-state index contributed by atoms with van der Waals surface area (Å²) in [4.78, 5) is 23.4. The van der Waals surface area contributed by atoms with Crippen LogP contribution in [0.25, 0.3) is 0 Å². The number of aliphatic carboxylic acids is 1. The van der Waals surface area contributed by atoms with Gasteiger partial charge in [0, 0.05) is 12.1 Å². The van der Waals surface area contributed by atoms with Crippen molar-refractivity contribution in [3.8, 4) is 0 Å². The molecule has 0 radical (unpaired) electrons. The molecule has 1 aliphatic rings. The average molecular weight is 323 g/mol. The zero-order chi connectivity index (χ0) is 17.8. The number of nitrogens with one attached hydrogen (secondary N) is 1. The molecule has 1 amide bonds. The first-order valence-corrected chi connectivity index (χ1v) is 8.03. The molecule has 0 fully saturated rings. The molecule has 3 N–H and O–H groups in total. The molecule has 23 heavy (non-hydrogen) atoms. The molecule has 1 unspecified atom stereocenters. The summed E-state index contributed by atoms with van der Waals surface area (Å²) in [7, 11) is 0. The molecule has 0 aliphatic heterocycles. The van der Waals surface area contributed by atoms with Crippen LogP contribution in [0.1, 0.15) is 53.9 Å². The molecule has 5 heteroatoms. The van der Waals surface area contributed by atoms with Crippen molar-refractivity contribution in [2.45, 2.75) is 60.0 Å². The van der Waals surface area contributed by atoms with Crippen LogP contribution >= 0.6 is 0 Å². The van der Waals surface area contributed by atoms with E-state index in [1.54, 1.807) is 19.9 Å². The Bertz CT molecular complexity index is 529. The molecule has 0 saturated carbocycles. The van der Waals surface area contributed by atoms with Crippen LogP contribution in [0, 0.1) is 10.8 Å². The van der Waals surface area contributed by atoms with Gasteiger partial charge >= 0.3 is 5.97 Å². The molecule has 0 heterocycles. The maximum absolute atomic E-state index is 12.2. The van der Waals surface area contributed by atoms with Gasteiger partial charge < -0.3 is 15.5 Å². The highest BCUT2D eigenvalue weighted by Gasteiger charge is 2.31. The molecule has 0 bridgehead atoms. The van der Waals surface area contributed by atoms with Crippen molar-refractivity contribution < 1.29 is 19.8 Å². The first-order chi connectivity index (χ1) is 10.4. The summed E-state index contributed by atoms with van der Waals surface area (Å²) >= 11 is 0. The summed E-state index contributed by atoms with van der Waals surface area (Å²) in [6, 6.07) is 0. The topological polar surface area (TPSA) is 86.6 Å². The van der Waals surface area contributed by atoms with Crippen LogP contribution in [-0.2, 0) is 9.59 Å². The Morgan fingerprint density at radius 3 is 2.43 bits per heavy atom. The van der Waals surface area contributed by atoms with Crippen molar-refractivity contribution in [3.05, 3.63) is 23.3 Å². The minimum atomic E-state index is -0.810. The fourth-order valence-electron chi connectivity index (χ4n) is 2.31. The number of carboxylic acid groups (broad SMARTS) is 1. The summed E-state index contributed by atoms with van der Waals surface area (Å²) in [6.07, 6.45) is 4.55. The fraction of sp³-hybridized carbons (Fsp3) is 0.667. The third-order valence-corrected chi connectivity index (χ3v) is 4.40. The first-order valence-electron chi connectivity index (χ1n) is 8.03. The molecular formula is C18H29NO4. The number of carbonyl (C=O) groups excluding carboxylic acids is 1. The van der Waals surface area contributed by atoms with Crippen LogP contribution in [0.5, 0.6) is 0 Å². The Morgan fingerprint density at radius 1 is 1.26 bits per heavy atom. The van der Waals surface area contributed by atoms with Gasteiger partial charge in [0.1, 0.15) is 0 Å². The maximum atomic E-state index is 12.2. The van der Waals surface area contributed by atoms with Gasteiger partial charge in [-0.3, -0.25) is 9.59 Å². The van der Waals surface area contributed by atoms with E-state index in [9.17, 15) is 19.8 Å². The third kappa shape index (κ3) is 5.82. The van der Waals surface area contributed by atoms with Crippen molar-refractivity contribution in [2.24, 2.45) is 10.8 Å². The van der Waals surface area contributed by atoms with Gasteiger partial charge in [0.2, 0.25) is 5.91 Å². The van der Waals surface area contributed by atoms with Gasteiger partial charge in [0.05, 0.1) is 11.5 Å². The van der Waals surface area contributed by atoms with Gasteiger partial charge in [-0.1, -0.05) is 25.5 Å². The van der Waals surface area contributed by atoms with E-state index in [-0.39, 0.29) is 11.3 Å². The smallest absolute Gasteiger partial charge is 0.309 e. The highest BCUT2D eigenvalue weighted by Crippen LogP contribution is 2.30. The summed E-state index contributed by atoms with van der Waals surface area (Å²) < 4.78 is 0. The monoisotopic (exact) mass is 323 g/mol. The highest BCUT2D eigenvalue weighted by atomic mass is 16.4. The predicted octanol–water partition coefficient (Wildman–Crippen LogP) is 2.66. The molecule has 0 aromatic carbocycles. The van der Waals surface area contributed by atoms with Crippen LogP contribution in [0.4, 0.5) is 0 Å². The average Bonchev–Trinajstić information content (AvgIpc) is 2.45. The zero-order valence-electron chi connectivity index (χ0n) is 14.8. The van der Waals surface area contributed by atoms with Crippen LogP contribution < -0.4 is 5.32 Å². The van der Waals surface area contributed by atoms with Gasteiger partial charge in [-0.2, -0.15) is 0 Å². The molecular weight excluding hydrogens is 294 g/mol. The molecule has 1 aliphatic carbocycles. The fourth-order valence-corrected chi connectivity index (χ4v) is 2.31. The number of rotatable bonds is 7. The van der Waals surface area contributed by atoms with Crippen molar-refractivity contribution in [3.63, 3.8) is 0 Å². The standard InChI is InChI=1S/C18H29NO4/c1-12-6-7-14(20)13(10-12)15(21)19-11-17(2,3)8-9-18(4,5)16(22)23/h6,10,14,20H,7-9,11H2,1-5H3,(H,19,21)(H,22,23).